The molecule has 134 valence electrons. The Kier molecular flexibility index (Phi) is 4.16. The zero-order chi connectivity index (χ0) is 19.0. The summed E-state index contributed by atoms with van der Waals surface area (Å²) in [5, 5.41) is 1.54. The highest BCUT2D eigenvalue weighted by Crippen LogP contribution is 2.22. The van der Waals surface area contributed by atoms with Gasteiger partial charge in [-0.1, -0.05) is 23.8 Å². The van der Waals surface area contributed by atoms with Gasteiger partial charge in [0.1, 0.15) is 5.82 Å². The molecule has 2 N–H and O–H groups in total. The molecule has 0 bridgehead atoms. The van der Waals surface area contributed by atoms with Crippen LogP contribution in [-0.4, -0.2) is 20.9 Å². The first kappa shape index (κ1) is 16.9. The molecule has 6 nitrogen and oxygen atoms in total. The van der Waals surface area contributed by atoms with Crippen molar-refractivity contribution in [3.63, 3.8) is 0 Å². The number of hydrogen-bond acceptors (Lipinski definition) is 6. The van der Waals surface area contributed by atoms with Gasteiger partial charge in [0.15, 0.2) is 12.4 Å². The predicted molar refractivity (Wildman–Crippen MR) is 104 cm³/mol. The number of carbonyl (C=O) groups is 1. The van der Waals surface area contributed by atoms with Gasteiger partial charge in [0.2, 0.25) is 0 Å². The Bertz CT molecular complexity index is 1190. The van der Waals surface area contributed by atoms with E-state index in [1.807, 2.05) is 56.3 Å². The van der Waals surface area contributed by atoms with Gasteiger partial charge in [-0.2, -0.15) is 0 Å². The highest BCUT2D eigenvalue weighted by atomic mass is 16.5. The molecule has 0 aliphatic heterocycles. The minimum absolute atomic E-state index is 0.0530. The van der Waals surface area contributed by atoms with Gasteiger partial charge in [-0.05, 0) is 44.2 Å². The molecule has 0 atom stereocenters. The Morgan fingerprint density at radius 3 is 2.59 bits per heavy atom. The van der Waals surface area contributed by atoms with Crippen LogP contribution in [0.25, 0.3) is 21.8 Å². The number of benzene rings is 2. The molecule has 0 saturated carbocycles. The Hall–Kier alpha value is -3.54. The van der Waals surface area contributed by atoms with Crippen LogP contribution >= 0.6 is 0 Å². The maximum Gasteiger partial charge on any atom is 0.339 e. The number of esters is 1. The lowest BCUT2D eigenvalue weighted by atomic mass is 10.1. The van der Waals surface area contributed by atoms with E-state index in [0.29, 0.717) is 17.2 Å². The van der Waals surface area contributed by atoms with Gasteiger partial charge < -0.3 is 10.5 Å². The molecule has 27 heavy (non-hydrogen) atoms. The molecular formula is C21H18N4O2. The van der Waals surface area contributed by atoms with E-state index in [1.165, 1.54) is 0 Å². The van der Waals surface area contributed by atoms with Gasteiger partial charge in [0.25, 0.3) is 0 Å². The van der Waals surface area contributed by atoms with Gasteiger partial charge in [-0.25, -0.2) is 14.8 Å². The van der Waals surface area contributed by atoms with Crippen LogP contribution in [0.5, 0.6) is 0 Å². The van der Waals surface area contributed by atoms with Gasteiger partial charge in [0.05, 0.1) is 16.6 Å². The van der Waals surface area contributed by atoms with E-state index >= 15 is 0 Å². The van der Waals surface area contributed by atoms with Gasteiger partial charge >= 0.3 is 5.97 Å². The van der Waals surface area contributed by atoms with Crippen molar-refractivity contribution < 1.29 is 9.53 Å². The Morgan fingerprint density at radius 2 is 1.74 bits per heavy atom. The van der Waals surface area contributed by atoms with Crippen molar-refractivity contribution in [2.45, 2.75) is 20.5 Å². The van der Waals surface area contributed by atoms with E-state index in [2.05, 4.69) is 15.0 Å². The summed E-state index contributed by atoms with van der Waals surface area (Å²) in [5.74, 6) is 0.296. The quantitative estimate of drug-likeness (QED) is 0.561. The van der Waals surface area contributed by atoms with E-state index in [1.54, 1.807) is 6.07 Å². The van der Waals surface area contributed by atoms with E-state index in [9.17, 15) is 4.79 Å². The van der Waals surface area contributed by atoms with Gasteiger partial charge in [0, 0.05) is 16.5 Å². The Labute approximate surface area is 156 Å². The monoisotopic (exact) mass is 358 g/mol. The van der Waals surface area contributed by atoms with E-state index in [0.717, 1.165) is 33.1 Å². The van der Waals surface area contributed by atoms with Crippen molar-refractivity contribution >= 4 is 33.6 Å². The van der Waals surface area contributed by atoms with Crippen molar-refractivity contribution in [2.75, 3.05) is 5.73 Å². The first-order chi connectivity index (χ1) is 13.0. The fourth-order valence-corrected chi connectivity index (χ4v) is 3.06. The fourth-order valence-electron chi connectivity index (χ4n) is 3.06. The Balaban J connectivity index is 1.64. The summed E-state index contributed by atoms with van der Waals surface area (Å²) in [7, 11) is 0. The first-order valence-electron chi connectivity index (χ1n) is 8.57. The summed E-state index contributed by atoms with van der Waals surface area (Å²) in [6.07, 6.45) is 0. The second-order valence-corrected chi connectivity index (χ2v) is 6.45. The minimum Gasteiger partial charge on any atom is -0.454 e. The maximum absolute atomic E-state index is 12.7. The van der Waals surface area contributed by atoms with Crippen LogP contribution in [0.3, 0.4) is 0 Å². The second kappa shape index (κ2) is 6.64. The highest BCUT2D eigenvalue weighted by Gasteiger charge is 2.15. The molecule has 0 radical (unpaired) electrons. The number of pyridine rings is 1. The zero-order valence-corrected chi connectivity index (χ0v) is 15.1. The van der Waals surface area contributed by atoms with Crippen molar-refractivity contribution in [1.29, 1.82) is 0 Å². The smallest absolute Gasteiger partial charge is 0.339 e. The van der Waals surface area contributed by atoms with Crippen LogP contribution in [0.2, 0.25) is 0 Å². The lowest BCUT2D eigenvalue weighted by Gasteiger charge is -2.10. The number of carbonyl (C=O) groups excluding carboxylic acids is 1. The lowest BCUT2D eigenvalue weighted by molar-refractivity contribution is 0.0465. The average Bonchev–Trinajstić information content (AvgIpc) is 2.66. The number of rotatable bonds is 3. The molecule has 0 aliphatic carbocycles. The average molecular weight is 358 g/mol. The van der Waals surface area contributed by atoms with Crippen LogP contribution in [0.15, 0.2) is 48.5 Å². The molecule has 2 heterocycles. The molecule has 2 aromatic carbocycles. The van der Waals surface area contributed by atoms with Crippen LogP contribution in [0, 0.1) is 13.8 Å². The predicted octanol–water partition coefficient (Wildman–Crippen LogP) is 3.73. The second-order valence-electron chi connectivity index (χ2n) is 6.45. The van der Waals surface area contributed by atoms with Crippen LogP contribution in [-0.2, 0) is 11.3 Å². The number of nitrogens with zero attached hydrogens (tertiary/aromatic N) is 3. The van der Waals surface area contributed by atoms with Gasteiger partial charge in [-0.3, -0.25) is 4.98 Å². The molecule has 0 unspecified atom stereocenters. The molecule has 2 aromatic heterocycles. The SMILES string of the molecule is Cc1ccc2nc(C)cc(C(=O)OCc3nc(N)c4ccccc4n3)c2c1. The summed E-state index contributed by atoms with van der Waals surface area (Å²) in [6, 6.07) is 15.0. The number of anilines is 1. The number of aromatic nitrogens is 3. The number of nitrogen functional groups attached to an aromatic ring is 1. The van der Waals surface area contributed by atoms with E-state index in [-0.39, 0.29) is 6.61 Å². The van der Waals surface area contributed by atoms with Crippen LogP contribution in [0.4, 0.5) is 5.82 Å². The molecule has 4 aromatic rings. The zero-order valence-electron chi connectivity index (χ0n) is 15.1. The van der Waals surface area contributed by atoms with E-state index in [4.69, 9.17) is 10.5 Å². The summed E-state index contributed by atoms with van der Waals surface area (Å²) >= 11 is 0. The fraction of sp³-hybridized carbons (Fsp3) is 0.143. The summed E-state index contributed by atoms with van der Waals surface area (Å²) in [4.78, 5) is 25.8. The largest absolute Gasteiger partial charge is 0.454 e. The van der Waals surface area contributed by atoms with Crippen molar-refractivity contribution in [3.05, 3.63) is 71.2 Å². The standard InChI is InChI=1S/C21H18N4O2/c1-12-7-8-18-15(9-12)16(10-13(2)23-18)21(26)27-11-19-24-17-6-4-3-5-14(17)20(22)25-19/h3-10H,11H2,1-2H3,(H2,22,24,25). The molecule has 0 fully saturated rings. The van der Waals surface area contributed by atoms with Crippen LogP contribution < -0.4 is 5.73 Å². The highest BCUT2D eigenvalue weighted by molar-refractivity contribution is 6.03. The van der Waals surface area contributed by atoms with Crippen molar-refractivity contribution in [1.82, 2.24) is 15.0 Å². The summed E-state index contributed by atoms with van der Waals surface area (Å²) in [6.45, 7) is 3.77. The number of aryl methyl sites for hydroxylation is 2. The third-order valence-electron chi connectivity index (χ3n) is 4.32. The molecule has 0 amide bonds. The molecule has 0 saturated heterocycles. The van der Waals surface area contributed by atoms with Crippen molar-refractivity contribution in [2.24, 2.45) is 0 Å². The lowest BCUT2D eigenvalue weighted by Crippen LogP contribution is -2.10. The number of hydrogen-bond donors (Lipinski definition) is 1. The molecule has 0 aliphatic rings. The number of para-hydroxylation sites is 1. The third kappa shape index (κ3) is 3.29. The number of fused-ring (bicyclic) bond motifs is 2. The number of ether oxygens (including phenoxy) is 1. The molecule has 6 heteroatoms. The minimum atomic E-state index is -0.438. The van der Waals surface area contributed by atoms with Crippen LogP contribution in [0.1, 0.15) is 27.4 Å². The third-order valence-corrected chi connectivity index (χ3v) is 4.32. The van der Waals surface area contributed by atoms with E-state index < -0.39 is 5.97 Å². The molecule has 0 spiro atoms. The molecular weight excluding hydrogens is 340 g/mol. The first-order valence-corrected chi connectivity index (χ1v) is 8.57. The number of nitrogens with two attached hydrogens (primary N) is 1. The molecule has 4 rings (SSSR count). The van der Waals surface area contributed by atoms with Crippen molar-refractivity contribution in [3.8, 4) is 0 Å². The normalized spacial score (nSPS) is 11.0. The summed E-state index contributed by atoms with van der Waals surface area (Å²) < 4.78 is 5.47. The van der Waals surface area contributed by atoms with Gasteiger partial charge in [-0.15, -0.1) is 0 Å². The maximum atomic E-state index is 12.7. The summed E-state index contributed by atoms with van der Waals surface area (Å²) in [5.41, 5.74) is 9.75. The topological polar surface area (TPSA) is 91.0 Å². The Morgan fingerprint density at radius 1 is 0.963 bits per heavy atom.